The minimum Gasteiger partial charge on any atom is -0.454 e. The molecule has 0 heterocycles. The largest absolute Gasteiger partial charge is 0.454 e. The molecular formula is C30H40O4. The van der Waals surface area contributed by atoms with Gasteiger partial charge in [-0.3, -0.25) is 9.59 Å². The van der Waals surface area contributed by atoms with E-state index in [2.05, 4.69) is 46.8 Å². The van der Waals surface area contributed by atoms with Gasteiger partial charge in [0, 0.05) is 12.8 Å². The summed E-state index contributed by atoms with van der Waals surface area (Å²) in [7, 11) is 0. The van der Waals surface area contributed by atoms with Crippen molar-refractivity contribution >= 4 is 17.5 Å². The van der Waals surface area contributed by atoms with Crippen LogP contribution in [0.1, 0.15) is 74.7 Å². The number of carbonyl (C=O) groups is 3. The highest BCUT2D eigenvalue weighted by Crippen LogP contribution is 2.40. The predicted octanol–water partition coefficient (Wildman–Crippen LogP) is 7.11. The molecule has 0 aromatic heterocycles. The fourth-order valence-electron chi connectivity index (χ4n) is 3.62. The van der Waals surface area contributed by atoms with E-state index < -0.39 is 12.1 Å². The Bertz CT molecular complexity index is 987. The zero-order valence-corrected chi connectivity index (χ0v) is 22.0. The highest BCUT2D eigenvalue weighted by atomic mass is 16.5. The van der Waals surface area contributed by atoms with Crippen LogP contribution in [0.15, 0.2) is 82.5 Å². The minimum absolute atomic E-state index is 0.00692. The number of ketones is 2. The average molecular weight is 465 g/mol. The Balaban J connectivity index is 2.90. The molecule has 1 aliphatic carbocycles. The van der Waals surface area contributed by atoms with Gasteiger partial charge in [0.2, 0.25) is 0 Å². The molecule has 0 radical (unpaired) electrons. The first-order valence-corrected chi connectivity index (χ1v) is 11.8. The third-order valence-electron chi connectivity index (χ3n) is 5.58. The quantitative estimate of drug-likeness (QED) is 0.255. The number of hydrogen-bond donors (Lipinski definition) is 0. The molecular weight excluding hydrogens is 424 g/mol. The molecule has 1 atom stereocenters. The molecule has 0 fully saturated rings. The molecule has 34 heavy (non-hydrogen) atoms. The third kappa shape index (κ3) is 10.3. The molecule has 0 spiro atoms. The Morgan fingerprint density at radius 2 is 1.50 bits per heavy atom. The van der Waals surface area contributed by atoms with Crippen molar-refractivity contribution in [1.82, 2.24) is 0 Å². The number of allylic oxidation sites excluding steroid dienone is 13. The van der Waals surface area contributed by atoms with Crippen LogP contribution in [0, 0.1) is 5.41 Å². The summed E-state index contributed by atoms with van der Waals surface area (Å²) in [4.78, 5) is 36.0. The van der Waals surface area contributed by atoms with Gasteiger partial charge < -0.3 is 9.53 Å². The number of esters is 1. The second kappa shape index (κ2) is 13.6. The van der Waals surface area contributed by atoms with Crippen molar-refractivity contribution in [2.45, 2.75) is 80.8 Å². The predicted molar refractivity (Wildman–Crippen MR) is 140 cm³/mol. The minimum atomic E-state index is -0.799. The Hall–Kier alpha value is -3.01. The fourth-order valence-corrected chi connectivity index (χ4v) is 3.62. The summed E-state index contributed by atoms with van der Waals surface area (Å²) in [6.07, 6.45) is 18.0. The van der Waals surface area contributed by atoms with E-state index in [-0.39, 0.29) is 29.8 Å². The van der Waals surface area contributed by atoms with Gasteiger partial charge in [0.25, 0.3) is 0 Å². The number of hydrogen-bond acceptors (Lipinski definition) is 4. The molecule has 4 nitrogen and oxygen atoms in total. The summed E-state index contributed by atoms with van der Waals surface area (Å²) >= 11 is 0. The van der Waals surface area contributed by atoms with E-state index in [1.165, 1.54) is 12.5 Å². The van der Waals surface area contributed by atoms with Crippen LogP contribution in [0.3, 0.4) is 0 Å². The molecule has 184 valence electrons. The smallest absolute Gasteiger partial charge is 0.306 e. The maximum absolute atomic E-state index is 12.9. The van der Waals surface area contributed by atoms with E-state index in [1.54, 1.807) is 6.92 Å². The zero-order valence-electron chi connectivity index (χ0n) is 22.0. The molecule has 0 bridgehead atoms. The van der Waals surface area contributed by atoms with Crippen LogP contribution in [-0.2, 0) is 19.1 Å². The van der Waals surface area contributed by atoms with Crippen LogP contribution in [0.4, 0.5) is 0 Å². The standard InChI is InChI=1S/C30H40O4/c1-21(2)12-9-10-13-22(3)14-11-15-23(4)16-18-26-25(6)29(33)27(20-30(26,7)8)34-28(32)19-17-24(5)31/h9-16,18,27H,17,19-20H2,1-8H3/b10-9+,14-11+,18-16+,22-13+,23-15+. The summed E-state index contributed by atoms with van der Waals surface area (Å²) in [5, 5.41) is 0. The van der Waals surface area contributed by atoms with Crippen molar-refractivity contribution < 1.29 is 19.1 Å². The van der Waals surface area contributed by atoms with Crippen molar-refractivity contribution in [3.8, 4) is 0 Å². The molecule has 0 saturated carbocycles. The maximum atomic E-state index is 12.9. The van der Waals surface area contributed by atoms with Crippen molar-refractivity contribution in [2.24, 2.45) is 5.41 Å². The first-order valence-electron chi connectivity index (χ1n) is 11.8. The lowest BCUT2D eigenvalue weighted by molar-refractivity contribution is -0.156. The Kier molecular flexibility index (Phi) is 11.6. The SMILES string of the molecule is CC(=O)CCC(=O)OC1CC(C)(C)C(/C=C/C(C)=C/C=C/C(C)=C/C=C/C=C(C)C)=C(C)C1=O. The molecule has 1 aliphatic rings. The van der Waals surface area contributed by atoms with E-state index in [9.17, 15) is 14.4 Å². The maximum Gasteiger partial charge on any atom is 0.306 e. The van der Waals surface area contributed by atoms with Gasteiger partial charge in [-0.1, -0.05) is 85.3 Å². The first-order chi connectivity index (χ1) is 15.8. The van der Waals surface area contributed by atoms with Crippen LogP contribution in [-0.4, -0.2) is 23.6 Å². The van der Waals surface area contributed by atoms with Gasteiger partial charge in [-0.2, -0.15) is 0 Å². The van der Waals surface area contributed by atoms with Crippen molar-refractivity contribution in [1.29, 1.82) is 0 Å². The van der Waals surface area contributed by atoms with E-state index in [0.717, 1.165) is 16.7 Å². The van der Waals surface area contributed by atoms with Crippen LogP contribution < -0.4 is 0 Å². The molecule has 0 N–H and O–H groups in total. The third-order valence-corrected chi connectivity index (χ3v) is 5.58. The second-order valence-corrected chi connectivity index (χ2v) is 9.81. The second-order valence-electron chi connectivity index (χ2n) is 9.81. The van der Waals surface area contributed by atoms with E-state index in [1.807, 2.05) is 49.5 Å². The summed E-state index contributed by atoms with van der Waals surface area (Å²) in [6.45, 7) is 15.5. The molecule has 1 rings (SSSR count). The molecule has 1 unspecified atom stereocenters. The van der Waals surface area contributed by atoms with E-state index in [4.69, 9.17) is 4.74 Å². The van der Waals surface area contributed by atoms with Crippen LogP contribution in [0.5, 0.6) is 0 Å². The molecule has 0 aromatic rings. The summed E-state index contributed by atoms with van der Waals surface area (Å²) in [6, 6.07) is 0. The summed E-state index contributed by atoms with van der Waals surface area (Å²) < 4.78 is 5.42. The normalized spacial score (nSPS) is 19.4. The fraction of sp³-hybridized carbons (Fsp3) is 0.433. The molecule has 4 heteroatoms. The number of Topliss-reactive ketones (excluding diaryl/α,β-unsaturated/α-hetero) is 2. The van der Waals surface area contributed by atoms with Gasteiger partial charge in [-0.25, -0.2) is 0 Å². The highest BCUT2D eigenvalue weighted by Gasteiger charge is 2.39. The number of rotatable bonds is 10. The van der Waals surface area contributed by atoms with Crippen LogP contribution in [0.25, 0.3) is 0 Å². The summed E-state index contributed by atoms with van der Waals surface area (Å²) in [5.74, 6) is -0.742. The number of ether oxygens (including phenoxy) is 1. The first kappa shape index (κ1) is 29.0. The molecule has 0 saturated heterocycles. The van der Waals surface area contributed by atoms with Crippen molar-refractivity contribution in [2.75, 3.05) is 0 Å². The molecule has 0 aromatic carbocycles. The average Bonchev–Trinajstić information content (AvgIpc) is 2.73. The highest BCUT2D eigenvalue weighted by molar-refractivity contribution is 6.01. The van der Waals surface area contributed by atoms with Crippen LogP contribution >= 0.6 is 0 Å². The lowest BCUT2D eigenvalue weighted by Crippen LogP contribution is -2.39. The lowest BCUT2D eigenvalue weighted by Gasteiger charge is -2.36. The van der Waals surface area contributed by atoms with E-state index in [0.29, 0.717) is 12.0 Å². The van der Waals surface area contributed by atoms with Gasteiger partial charge >= 0.3 is 5.97 Å². The van der Waals surface area contributed by atoms with Gasteiger partial charge in [0.15, 0.2) is 11.9 Å². The molecule has 0 amide bonds. The van der Waals surface area contributed by atoms with Gasteiger partial charge in [-0.05, 0) is 58.1 Å². The summed E-state index contributed by atoms with van der Waals surface area (Å²) in [5.41, 5.74) is 4.71. The Morgan fingerprint density at radius 1 is 0.912 bits per heavy atom. The number of carbonyl (C=O) groups excluding carboxylic acids is 3. The lowest BCUT2D eigenvalue weighted by atomic mass is 9.71. The topological polar surface area (TPSA) is 60.4 Å². The molecule has 0 aliphatic heterocycles. The van der Waals surface area contributed by atoms with Gasteiger partial charge in [0.05, 0.1) is 6.42 Å². The zero-order chi connectivity index (χ0) is 25.9. The van der Waals surface area contributed by atoms with Gasteiger partial charge in [0.1, 0.15) is 5.78 Å². The van der Waals surface area contributed by atoms with Gasteiger partial charge in [-0.15, -0.1) is 0 Å². The van der Waals surface area contributed by atoms with Crippen LogP contribution in [0.2, 0.25) is 0 Å². The van der Waals surface area contributed by atoms with Crippen molar-refractivity contribution in [3.05, 3.63) is 82.5 Å². The Morgan fingerprint density at radius 3 is 2.12 bits per heavy atom. The Labute approximate surface area is 205 Å². The van der Waals surface area contributed by atoms with Crippen molar-refractivity contribution in [3.63, 3.8) is 0 Å². The van der Waals surface area contributed by atoms with E-state index >= 15 is 0 Å². The monoisotopic (exact) mass is 464 g/mol.